The maximum Gasteiger partial charge on any atom is 0.218 e. The molecule has 1 aromatic rings. The quantitative estimate of drug-likeness (QED) is 0.667. The first-order valence-corrected chi connectivity index (χ1v) is 10.4. The molecule has 4 aliphatic rings. The Labute approximate surface area is 181 Å². The van der Waals surface area contributed by atoms with Crippen LogP contribution in [0.25, 0.3) is 0 Å². The van der Waals surface area contributed by atoms with Crippen LogP contribution in [0.15, 0.2) is 28.7 Å². The molecule has 3 aliphatic heterocycles. The normalized spacial score (nSPS) is 37.5. The van der Waals surface area contributed by atoms with Crippen molar-refractivity contribution in [1.82, 2.24) is 0 Å². The Balaban J connectivity index is 1.74. The summed E-state index contributed by atoms with van der Waals surface area (Å²) in [6.45, 7) is 0.860. The van der Waals surface area contributed by atoms with E-state index in [1.165, 1.54) is 0 Å². The number of ether oxygens (including phenoxy) is 4. The minimum atomic E-state index is -2.00. The third-order valence-electron chi connectivity index (χ3n) is 6.92. The largest absolute Gasteiger partial charge is 0.447 e. The van der Waals surface area contributed by atoms with E-state index in [9.17, 15) is 15.8 Å². The first-order chi connectivity index (χ1) is 14.4. The Morgan fingerprint density at radius 1 is 1.03 bits per heavy atom. The molecule has 2 bridgehead atoms. The van der Waals surface area contributed by atoms with Crippen LogP contribution in [0.5, 0.6) is 0 Å². The fourth-order valence-corrected chi connectivity index (χ4v) is 6.01. The zero-order chi connectivity index (χ0) is 21.2. The van der Waals surface area contributed by atoms with Crippen LogP contribution in [0, 0.1) is 56.2 Å². The average Bonchev–Trinajstić information content (AvgIpc) is 3.28. The Hall–Kier alpha value is -2.48. The fraction of sp³-hybridized carbons (Fsp3) is 0.524. The van der Waals surface area contributed by atoms with Gasteiger partial charge in [0.2, 0.25) is 17.1 Å². The number of nitriles is 3. The summed E-state index contributed by atoms with van der Waals surface area (Å²) < 4.78 is 24.7. The highest BCUT2D eigenvalue weighted by molar-refractivity contribution is 9.10. The van der Waals surface area contributed by atoms with Crippen molar-refractivity contribution in [2.75, 3.05) is 13.2 Å². The summed E-state index contributed by atoms with van der Waals surface area (Å²) in [5.41, 5.74) is -3.26. The summed E-state index contributed by atoms with van der Waals surface area (Å²) in [6, 6.07) is 13.4. The van der Waals surface area contributed by atoms with E-state index in [-0.39, 0.29) is 6.42 Å². The second-order valence-corrected chi connectivity index (χ2v) is 8.93. The molecule has 4 atom stereocenters. The number of halogens is 1. The molecule has 152 valence electrons. The van der Waals surface area contributed by atoms with Crippen LogP contribution in [0.2, 0.25) is 0 Å². The first kappa shape index (κ1) is 19.5. The molecule has 0 amide bonds. The van der Waals surface area contributed by atoms with Crippen LogP contribution in [-0.2, 0) is 18.9 Å². The number of nitrogens with one attached hydrogen (secondary N) is 1. The van der Waals surface area contributed by atoms with Gasteiger partial charge in [0.1, 0.15) is 6.10 Å². The third-order valence-corrected chi connectivity index (χ3v) is 7.64. The van der Waals surface area contributed by atoms with Gasteiger partial charge in [-0.15, -0.1) is 0 Å². The summed E-state index contributed by atoms with van der Waals surface area (Å²) in [5, 5.41) is 39.7. The molecule has 1 spiro atoms. The van der Waals surface area contributed by atoms with Crippen molar-refractivity contribution < 1.29 is 18.9 Å². The molecule has 30 heavy (non-hydrogen) atoms. The van der Waals surface area contributed by atoms with Crippen molar-refractivity contribution in [2.24, 2.45) is 16.7 Å². The number of nitrogens with zero attached hydrogens (tertiary/aromatic N) is 3. The minimum Gasteiger partial charge on any atom is -0.447 e. The summed E-state index contributed by atoms with van der Waals surface area (Å²) in [4.78, 5) is 0. The van der Waals surface area contributed by atoms with E-state index in [1.54, 1.807) is 18.2 Å². The number of hydrogen-bond donors (Lipinski definition) is 1. The maximum atomic E-state index is 10.4. The van der Waals surface area contributed by atoms with Crippen molar-refractivity contribution in [3.8, 4) is 18.2 Å². The predicted octanol–water partition coefficient (Wildman–Crippen LogP) is 3.31. The van der Waals surface area contributed by atoms with Gasteiger partial charge in [0.15, 0.2) is 11.2 Å². The monoisotopic (exact) mass is 468 g/mol. The minimum absolute atomic E-state index is 0.205. The SMILES string of the molecule is N#CC1(C#N)C(c2ccccc2Br)OC23CCC4(CC2C1(C#N)C(=N)O3)OCCO4. The molecule has 4 unspecified atom stereocenters. The Morgan fingerprint density at radius 3 is 2.37 bits per heavy atom. The highest BCUT2D eigenvalue weighted by atomic mass is 79.9. The molecule has 8 nitrogen and oxygen atoms in total. The van der Waals surface area contributed by atoms with E-state index in [1.807, 2.05) is 6.07 Å². The van der Waals surface area contributed by atoms with Crippen molar-refractivity contribution in [1.29, 1.82) is 21.2 Å². The second-order valence-electron chi connectivity index (χ2n) is 8.08. The molecule has 0 radical (unpaired) electrons. The van der Waals surface area contributed by atoms with Gasteiger partial charge in [-0.1, -0.05) is 34.1 Å². The van der Waals surface area contributed by atoms with Crippen LogP contribution in [0.4, 0.5) is 0 Å². The highest BCUT2D eigenvalue weighted by Gasteiger charge is 2.82. The van der Waals surface area contributed by atoms with Gasteiger partial charge < -0.3 is 18.9 Å². The van der Waals surface area contributed by atoms with Crippen molar-refractivity contribution in [3.05, 3.63) is 34.3 Å². The van der Waals surface area contributed by atoms with Gasteiger partial charge in [-0.05, 0) is 11.6 Å². The van der Waals surface area contributed by atoms with Crippen LogP contribution >= 0.6 is 15.9 Å². The molecule has 3 saturated heterocycles. The maximum absolute atomic E-state index is 10.4. The van der Waals surface area contributed by atoms with E-state index in [4.69, 9.17) is 24.4 Å². The zero-order valence-corrected chi connectivity index (χ0v) is 17.4. The van der Waals surface area contributed by atoms with Gasteiger partial charge in [-0.3, -0.25) is 5.41 Å². The molecule has 1 aromatic carbocycles. The zero-order valence-electron chi connectivity index (χ0n) is 15.9. The van der Waals surface area contributed by atoms with E-state index in [0.29, 0.717) is 36.1 Å². The topological polar surface area (TPSA) is 132 Å². The highest BCUT2D eigenvalue weighted by Crippen LogP contribution is 2.71. The predicted molar refractivity (Wildman–Crippen MR) is 103 cm³/mol. The molecule has 1 N–H and O–H groups in total. The summed E-state index contributed by atoms with van der Waals surface area (Å²) in [5.74, 6) is -3.37. The fourth-order valence-electron chi connectivity index (χ4n) is 5.52. The Kier molecular flexibility index (Phi) is 4.07. The standard InChI is InChI=1S/C21H17BrN4O4/c22-14-4-2-1-3-13(14)16-18(10-23,11-24)20(12-25)15-9-19(27-7-8-28-19)5-6-21(15,29-16)30-17(20)26/h1-4,15-16,26H,5-9H2. The first-order valence-electron chi connectivity index (χ1n) is 9.64. The molecule has 5 rings (SSSR count). The molecular weight excluding hydrogens is 452 g/mol. The summed E-state index contributed by atoms with van der Waals surface area (Å²) in [6.07, 6.45) is -0.0949. The van der Waals surface area contributed by atoms with E-state index < -0.39 is 40.3 Å². The molecule has 3 heterocycles. The van der Waals surface area contributed by atoms with Crippen molar-refractivity contribution in [2.45, 2.75) is 36.9 Å². The average molecular weight is 469 g/mol. The molecule has 1 saturated carbocycles. The lowest BCUT2D eigenvalue weighted by Crippen LogP contribution is -2.63. The lowest BCUT2D eigenvalue weighted by molar-refractivity contribution is -0.330. The van der Waals surface area contributed by atoms with Gasteiger partial charge in [0.25, 0.3) is 0 Å². The number of benzene rings is 1. The summed E-state index contributed by atoms with van der Waals surface area (Å²) in [7, 11) is 0. The molecule has 0 aromatic heterocycles. The second kappa shape index (κ2) is 6.26. The molecular formula is C21H17BrN4O4. The van der Waals surface area contributed by atoms with Gasteiger partial charge >= 0.3 is 0 Å². The third kappa shape index (κ3) is 2.10. The van der Waals surface area contributed by atoms with Gasteiger partial charge in [0, 0.05) is 23.7 Å². The van der Waals surface area contributed by atoms with E-state index in [2.05, 4.69) is 34.1 Å². The van der Waals surface area contributed by atoms with Gasteiger partial charge in [0.05, 0.1) is 37.3 Å². The smallest absolute Gasteiger partial charge is 0.218 e. The van der Waals surface area contributed by atoms with Crippen molar-refractivity contribution >= 4 is 21.8 Å². The lowest BCUT2D eigenvalue weighted by atomic mass is 9.51. The molecule has 4 fully saturated rings. The Morgan fingerprint density at radius 2 is 1.73 bits per heavy atom. The lowest BCUT2D eigenvalue weighted by Gasteiger charge is -2.54. The van der Waals surface area contributed by atoms with Gasteiger partial charge in [-0.25, -0.2) is 0 Å². The van der Waals surface area contributed by atoms with Crippen LogP contribution < -0.4 is 0 Å². The van der Waals surface area contributed by atoms with E-state index >= 15 is 0 Å². The van der Waals surface area contributed by atoms with Crippen LogP contribution in [0.3, 0.4) is 0 Å². The van der Waals surface area contributed by atoms with Crippen molar-refractivity contribution in [3.63, 3.8) is 0 Å². The van der Waals surface area contributed by atoms with E-state index in [0.717, 1.165) is 0 Å². The molecule has 9 heteroatoms. The Bertz CT molecular complexity index is 1050. The van der Waals surface area contributed by atoms with Gasteiger partial charge in [-0.2, -0.15) is 15.8 Å². The molecule has 1 aliphatic carbocycles. The number of rotatable bonds is 1. The number of hydrogen-bond acceptors (Lipinski definition) is 8. The van der Waals surface area contributed by atoms with Crippen LogP contribution in [-0.4, -0.2) is 30.7 Å². The van der Waals surface area contributed by atoms with Crippen LogP contribution in [0.1, 0.15) is 30.9 Å². The summed E-state index contributed by atoms with van der Waals surface area (Å²) >= 11 is 3.48.